The summed E-state index contributed by atoms with van der Waals surface area (Å²) in [7, 11) is -3.59. The van der Waals surface area contributed by atoms with E-state index in [0.717, 1.165) is 24.0 Å². The second-order valence-corrected chi connectivity index (χ2v) is 8.33. The van der Waals surface area contributed by atoms with E-state index in [1.54, 1.807) is 22.5 Å². The lowest BCUT2D eigenvalue weighted by atomic mass is 10.0. The Morgan fingerprint density at radius 2 is 1.80 bits per heavy atom. The molecule has 2 aromatic carbocycles. The number of fused-ring (bicyclic) bond motifs is 1. The Morgan fingerprint density at radius 1 is 1.04 bits per heavy atom. The predicted octanol–water partition coefficient (Wildman–Crippen LogP) is 3.29. The minimum atomic E-state index is -3.59. The van der Waals surface area contributed by atoms with Gasteiger partial charge < -0.3 is 9.47 Å². The van der Waals surface area contributed by atoms with Gasteiger partial charge in [0.25, 0.3) is 0 Å². The molecule has 0 aromatic heterocycles. The molecule has 1 saturated heterocycles. The Balaban J connectivity index is 1.71. The molecule has 0 aliphatic carbocycles. The van der Waals surface area contributed by atoms with Crippen LogP contribution in [0.4, 0.5) is 0 Å². The number of rotatable bonds is 3. The molecule has 132 valence electrons. The third-order valence-electron chi connectivity index (χ3n) is 4.87. The van der Waals surface area contributed by atoms with Crippen molar-refractivity contribution in [2.45, 2.75) is 30.7 Å². The van der Waals surface area contributed by atoms with Crippen LogP contribution in [-0.2, 0) is 10.0 Å². The first-order valence-electron chi connectivity index (χ1n) is 8.54. The van der Waals surface area contributed by atoms with Gasteiger partial charge in [0.2, 0.25) is 10.0 Å². The van der Waals surface area contributed by atoms with Gasteiger partial charge >= 0.3 is 0 Å². The number of hydrogen-bond donors (Lipinski definition) is 0. The van der Waals surface area contributed by atoms with Crippen LogP contribution < -0.4 is 9.47 Å². The van der Waals surface area contributed by atoms with Gasteiger partial charge in [-0.3, -0.25) is 0 Å². The van der Waals surface area contributed by atoms with Crippen LogP contribution >= 0.6 is 0 Å². The summed E-state index contributed by atoms with van der Waals surface area (Å²) in [5, 5.41) is 0. The maximum atomic E-state index is 13.2. The first-order chi connectivity index (χ1) is 12.1. The molecule has 1 atom stereocenters. The van der Waals surface area contributed by atoms with Gasteiger partial charge in [0, 0.05) is 12.6 Å². The summed E-state index contributed by atoms with van der Waals surface area (Å²) >= 11 is 0. The quantitative estimate of drug-likeness (QED) is 0.844. The van der Waals surface area contributed by atoms with Crippen molar-refractivity contribution in [2.24, 2.45) is 0 Å². The Labute approximate surface area is 148 Å². The highest BCUT2D eigenvalue weighted by molar-refractivity contribution is 7.89. The SMILES string of the molecule is Cc1ccccc1C1CCCN1S(=O)(=O)c1ccc2c(c1)OCCO2. The fourth-order valence-corrected chi connectivity index (χ4v) is 5.31. The van der Waals surface area contributed by atoms with Crippen molar-refractivity contribution in [1.29, 1.82) is 0 Å². The molecule has 0 saturated carbocycles. The standard InChI is InChI=1S/C19H21NO4S/c1-14-5-2-3-6-16(14)17-7-4-10-20(17)25(21,22)15-8-9-18-19(13-15)24-12-11-23-18/h2-3,5-6,8-9,13,17H,4,7,10-12H2,1H3. The molecule has 5 nitrogen and oxygen atoms in total. The number of aryl methyl sites for hydroxylation is 1. The van der Waals surface area contributed by atoms with Gasteiger partial charge in [-0.2, -0.15) is 4.31 Å². The highest BCUT2D eigenvalue weighted by Crippen LogP contribution is 2.39. The van der Waals surface area contributed by atoms with E-state index in [4.69, 9.17) is 9.47 Å². The van der Waals surface area contributed by atoms with Crippen LogP contribution in [0.25, 0.3) is 0 Å². The molecule has 0 bridgehead atoms. The second kappa shape index (κ2) is 6.35. The minimum absolute atomic E-state index is 0.112. The van der Waals surface area contributed by atoms with Crippen molar-refractivity contribution in [3.63, 3.8) is 0 Å². The summed E-state index contributed by atoms with van der Waals surface area (Å²) in [4.78, 5) is 0.261. The maximum Gasteiger partial charge on any atom is 0.243 e. The van der Waals surface area contributed by atoms with Crippen LogP contribution in [0.2, 0.25) is 0 Å². The van der Waals surface area contributed by atoms with Crippen molar-refractivity contribution >= 4 is 10.0 Å². The molecule has 0 radical (unpaired) electrons. The van der Waals surface area contributed by atoms with Crippen molar-refractivity contribution in [3.8, 4) is 11.5 Å². The van der Waals surface area contributed by atoms with Crippen LogP contribution in [-0.4, -0.2) is 32.5 Å². The van der Waals surface area contributed by atoms with E-state index in [2.05, 4.69) is 0 Å². The Kier molecular flexibility index (Phi) is 4.17. The van der Waals surface area contributed by atoms with Crippen molar-refractivity contribution < 1.29 is 17.9 Å². The summed E-state index contributed by atoms with van der Waals surface area (Å²) in [6.07, 6.45) is 1.71. The lowest BCUT2D eigenvalue weighted by Gasteiger charge is -2.26. The van der Waals surface area contributed by atoms with E-state index in [0.29, 0.717) is 31.3 Å². The first kappa shape index (κ1) is 16.4. The third kappa shape index (κ3) is 2.89. The molecule has 6 heteroatoms. The van der Waals surface area contributed by atoms with Gasteiger partial charge in [-0.15, -0.1) is 0 Å². The number of ether oxygens (including phenoxy) is 2. The molecule has 25 heavy (non-hydrogen) atoms. The monoisotopic (exact) mass is 359 g/mol. The van der Waals surface area contributed by atoms with Gasteiger partial charge in [-0.05, 0) is 43.0 Å². The van der Waals surface area contributed by atoms with Gasteiger partial charge in [-0.1, -0.05) is 24.3 Å². The minimum Gasteiger partial charge on any atom is -0.486 e. The molecule has 1 fully saturated rings. The number of sulfonamides is 1. The predicted molar refractivity (Wildman–Crippen MR) is 94.5 cm³/mol. The average Bonchev–Trinajstić information content (AvgIpc) is 3.12. The molecule has 2 aliphatic heterocycles. The van der Waals surface area contributed by atoms with Crippen LogP contribution in [0.1, 0.15) is 30.0 Å². The third-order valence-corrected chi connectivity index (χ3v) is 6.78. The van der Waals surface area contributed by atoms with E-state index in [9.17, 15) is 8.42 Å². The van der Waals surface area contributed by atoms with Crippen LogP contribution in [0.3, 0.4) is 0 Å². The van der Waals surface area contributed by atoms with Crippen molar-refractivity contribution in [1.82, 2.24) is 4.31 Å². The molecule has 0 amide bonds. The normalized spacial score (nSPS) is 20.6. The molecule has 2 aromatic rings. The molecule has 2 heterocycles. The Hall–Kier alpha value is -2.05. The average molecular weight is 359 g/mol. The molecular formula is C19H21NO4S. The molecule has 4 rings (SSSR count). The lowest BCUT2D eigenvalue weighted by Crippen LogP contribution is -2.31. The molecule has 0 N–H and O–H groups in total. The summed E-state index contributed by atoms with van der Waals surface area (Å²) in [5.41, 5.74) is 2.21. The zero-order valence-electron chi connectivity index (χ0n) is 14.1. The van der Waals surface area contributed by atoms with Gasteiger partial charge in [0.05, 0.1) is 10.9 Å². The van der Waals surface area contributed by atoms with Crippen LogP contribution in [0.5, 0.6) is 11.5 Å². The number of benzene rings is 2. The second-order valence-electron chi connectivity index (χ2n) is 6.44. The van der Waals surface area contributed by atoms with Crippen molar-refractivity contribution in [3.05, 3.63) is 53.6 Å². The van der Waals surface area contributed by atoms with E-state index in [-0.39, 0.29) is 10.9 Å². The Bertz CT molecular complexity index is 894. The summed E-state index contributed by atoms with van der Waals surface area (Å²) in [6.45, 7) is 3.49. The maximum absolute atomic E-state index is 13.2. The number of hydrogen-bond acceptors (Lipinski definition) is 4. The molecule has 1 unspecified atom stereocenters. The summed E-state index contributed by atoms with van der Waals surface area (Å²) < 4.78 is 39.1. The topological polar surface area (TPSA) is 55.8 Å². The smallest absolute Gasteiger partial charge is 0.243 e. The molecule has 2 aliphatic rings. The van der Waals surface area contributed by atoms with Crippen molar-refractivity contribution in [2.75, 3.05) is 19.8 Å². The van der Waals surface area contributed by atoms with Crippen LogP contribution in [0.15, 0.2) is 47.4 Å². The lowest BCUT2D eigenvalue weighted by molar-refractivity contribution is 0.171. The zero-order chi connectivity index (χ0) is 17.4. The van der Waals surface area contributed by atoms with Gasteiger partial charge in [0.1, 0.15) is 13.2 Å². The Morgan fingerprint density at radius 3 is 2.60 bits per heavy atom. The van der Waals surface area contributed by atoms with E-state index < -0.39 is 10.0 Å². The largest absolute Gasteiger partial charge is 0.486 e. The summed E-state index contributed by atoms with van der Waals surface area (Å²) in [5.74, 6) is 1.10. The fraction of sp³-hybridized carbons (Fsp3) is 0.368. The van der Waals surface area contributed by atoms with Gasteiger partial charge in [0.15, 0.2) is 11.5 Å². The molecular weight excluding hydrogens is 338 g/mol. The fourth-order valence-electron chi connectivity index (χ4n) is 3.62. The van der Waals surface area contributed by atoms with E-state index in [1.807, 2.05) is 31.2 Å². The summed E-state index contributed by atoms with van der Waals surface area (Å²) in [6, 6.07) is 12.8. The highest BCUT2D eigenvalue weighted by atomic mass is 32.2. The first-order valence-corrected chi connectivity index (χ1v) is 9.98. The highest BCUT2D eigenvalue weighted by Gasteiger charge is 2.37. The number of nitrogens with zero attached hydrogens (tertiary/aromatic N) is 1. The van der Waals surface area contributed by atoms with Gasteiger partial charge in [-0.25, -0.2) is 8.42 Å². The molecule has 0 spiro atoms. The van der Waals surface area contributed by atoms with E-state index >= 15 is 0 Å². The zero-order valence-corrected chi connectivity index (χ0v) is 15.0. The van der Waals surface area contributed by atoms with E-state index in [1.165, 1.54) is 0 Å². The van der Waals surface area contributed by atoms with Crippen LogP contribution in [0, 0.1) is 6.92 Å².